The van der Waals surface area contributed by atoms with Crippen LogP contribution in [0.1, 0.15) is 194 Å². The summed E-state index contributed by atoms with van der Waals surface area (Å²) < 4.78 is 172. The van der Waals surface area contributed by atoms with E-state index in [9.17, 15) is 79.3 Å². The van der Waals surface area contributed by atoms with Gasteiger partial charge in [0.15, 0.2) is 4.75 Å². The zero-order chi connectivity index (χ0) is 75.8. The number of sulfonamides is 6. The maximum absolute atomic E-state index is 12.4. The van der Waals surface area contributed by atoms with Gasteiger partial charge in [0, 0.05) is 0 Å². The van der Waals surface area contributed by atoms with Gasteiger partial charge in [-0.1, -0.05) is 49.6 Å². The summed E-state index contributed by atoms with van der Waals surface area (Å²) >= 11 is 0. The molecule has 38 heteroatoms. The molecule has 7 rings (SSSR count). The Kier molecular flexibility index (Phi) is 32.8. The Labute approximate surface area is 582 Å². The molecular formula is C60H103N6O25PS6. The van der Waals surface area contributed by atoms with Crippen LogP contribution in [0.2, 0.25) is 0 Å². The average Bonchev–Trinajstić information content (AvgIpc) is 1.64. The first-order valence-corrected chi connectivity index (χ1v) is 41.2. The van der Waals surface area contributed by atoms with Crippen molar-refractivity contribution in [2.75, 3.05) is 26.5 Å². The van der Waals surface area contributed by atoms with E-state index in [1.54, 1.807) is 109 Å². The molecule has 0 aromatic heterocycles. The van der Waals surface area contributed by atoms with Crippen molar-refractivity contribution in [2.24, 2.45) is 5.14 Å². The molecule has 1 aromatic carbocycles. The van der Waals surface area contributed by atoms with Crippen LogP contribution in [0, 0.1) is 24.7 Å². The minimum atomic E-state index is -3.96. The standard InChI is InChI=1S/C16H23NO5S.C10H15NO4S.C9H17NO5S.C9H15NO5S.C8H15NO4S.C5H7NO2S.C2H7P.CH4/c1-15(2,3)22-14(18)17-23(19,20)16(9-10-16)12-21-11-13-7-5-4-6-8-13;1-5-10(6-7-10)16(13,14)11-8(12)15-9(2,3)4;2*1-8(2,3)15-7(12)10-16(13,14)9(6-11)4-5-9;1-8(2,3)13-7(10)9-14(11,12)6-4-5-6;1-2-5(3-4-5)9(6,7)8;1-3-2;/h4-8H,9-12H2,1-3H3,(H,17,18);1H,6-7H2,2-4H3,(H,11,12);11H,4-6H2,1-3H3,(H,10,12);6H,4-5H2,1-3H3,(H,10,12);6H,4-5H2,1-3H3,(H,9,10);1H,3-4H2,(H2,6,7,8);3H,1-2H3;1H4. The molecule has 1 aromatic rings. The number of benzene rings is 1. The Bertz CT molecular complexity index is 3710. The van der Waals surface area contributed by atoms with E-state index in [1.165, 1.54) is 0 Å². The van der Waals surface area contributed by atoms with Crippen molar-refractivity contribution in [3.05, 3.63) is 35.9 Å². The molecule has 0 heterocycles. The number of terminal acetylenes is 2. The number of rotatable bonds is 17. The van der Waals surface area contributed by atoms with Crippen LogP contribution in [0.4, 0.5) is 24.0 Å². The molecule has 8 N–H and O–H groups in total. The Morgan fingerprint density at radius 2 is 0.827 bits per heavy atom. The summed E-state index contributed by atoms with van der Waals surface area (Å²) in [6.07, 6.45) is 10.7. The van der Waals surface area contributed by atoms with Crippen LogP contribution < -0.4 is 28.7 Å². The van der Waals surface area contributed by atoms with Crippen molar-refractivity contribution < 1.29 is 113 Å². The Balaban J connectivity index is 0.00000116. The highest BCUT2D eigenvalue weighted by molar-refractivity contribution is 7.93. The van der Waals surface area contributed by atoms with Crippen molar-refractivity contribution in [3.8, 4) is 24.7 Å². The first kappa shape index (κ1) is 92.4. The fourth-order valence-corrected chi connectivity index (χ4v) is 14.1. The van der Waals surface area contributed by atoms with Gasteiger partial charge in [-0.25, -0.2) is 103 Å². The lowest BCUT2D eigenvalue weighted by atomic mass is 10.2. The quantitative estimate of drug-likeness (QED) is 0.0376. The van der Waals surface area contributed by atoms with E-state index in [2.05, 4.69) is 25.2 Å². The third-order valence-electron chi connectivity index (χ3n) is 13.1. The van der Waals surface area contributed by atoms with E-state index in [0.29, 0.717) is 77.1 Å². The van der Waals surface area contributed by atoms with Gasteiger partial charge < -0.3 is 38.3 Å². The number of aliphatic hydroxyl groups excluding tert-OH is 1. The third-order valence-corrected chi connectivity index (χ3v) is 24.7. The molecule has 0 radical (unpaired) electrons. The number of nitrogens with one attached hydrogen (secondary N) is 5. The van der Waals surface area contributed by atoms with E-state index in [4.69, 9.17) is 51.5 Å². The fourth-order valence-electron chi connectivity index (χ4n) is 6.94. The van der Waals surface area contributed by atoms with Gasteiger partial charge in [-0.3, -0.25) is 0 Å². The van der Waals surface area contributed by atoms with Crippen LogP contribution in [-0.2, 0) is 100.0 Å². The molecule has 6 fully saturated rings. The summed E-state index contributed by atoms with van der Waals surface area (Å²) in [5.41, 5.74) is -2.73. The van der Waals surface area contributed by atoms with Crippen LogP contribution in [0.15, 0.2) is 30.3 Å². The number of carbonyl (C=O) groups is 6. The lowest BCUT2D eigenvalue weighted by Gasteiger charge is -2.22. The number of primary sulfonamides is 1. The molecule has 564 valence electrons. The Morgan fingerprint density at radius 1 is 0.520 bits per heavy atom. The van der Waals surface area contributed by atoms with Gasteiger partial charge in [-0.15, -0.1) is 21.4 Å². The predicted octanol–water partition coefficient (Wildman–Crippen LogP) is 6.54. The largest absolute Gasteiger partial charge is 0.443 e. The minimum Gasteiger partial charge on any atom is -0.443 e. The number of hydrogen-bond donors (Lipinski definition) is 7. The maximum Gasteiger partial charge on any atom is 0.421 e. The first-order valence-electron chi connectivity index (χ1n) is 30.1. The number of amides is 5. The normalized spacial score (nSPS) is 17.8. The van der Waals surface area contributed by atoms with Gasteiger partial charge in [0.1, 0.15) is 53.3 Å². The monoisotopic (exact) mass is 1530 g/mol. The molecule has 31 nitrogen and oxygen atoms in total. The number of hydrogen-bond acceptors (Lipinski definition) is 25. The molecule has 0 aliphatic heterocycles. The molecule has 6 aliphatic rings. The van der Waals surface area contributed by atoms with Crippen LogP contribution in [0.5, 0.6) is 0 Å². The maximum atomic E-state index is 12.4. The lowest BCUT2D eigenvalue weighted by molar-refractivity contribution is -0.108. The highest BCUT2D eigenvalue weighted by Crippen LogP contribution is 2.45. The smallest absolute Gasteiger partial charge is 0.421 e. The van der Waals surface area contributed by atoms with Gasteiger partial charge in [0.05, 0.1) is 25.1 Å². The topological polar surface area (TPSA) is 469 Å². The first-order chi connectivity index (χ1) is 43.6. The van der Waals surface area contributed by atoms with Crippen molar-refractivity contribution in [2.45, 2.75) is 252 Å². The number of carbonyl (C=O) groups excluding carboxylic acids is 6. The number of aliphatic hydroxyl groups is 1. The van der Waals surface area contributed by atoms with Gasteiger partial charge in [0.2, 0.25) is 50.1 Å². The van der Waals surface area contributed by atoms with Crippen molar-refractivity contribution >= 4 is 105 Å². The summed E-state index contributed by atoms with van der Waals surface area (Å²) in [7, 11) is -21.3. The number of ether oxygens (including phenoxy) is 6. The van der Waals surface area contributed by atoms with Crippen molar-refractivity contribution in [1.82, 2.24) is 23.6 Å². The molecule has 0 atom stereocenters. The number of aldehydes is 1. The summed E-state index contributed by atoms with van der Waals surface area (Å²) in [6.45, 7) is 29.0. The second-order valence-electron chi connectivity index (χ2n) is 28.3. The molecule has 0 saturated heterocycles. The molecule has 0 unspecified atom stereocenters. The SMILES string of the molecule is C.C#CC1(S(=O)(=O)NC(=O)OC(C)(C)C)CC1.C#CC1(S(N)(=O)=O)CC1.CC(C)(C)OC(=O)NS(=O)(=O)C1(C=O)CC1.CC(C)(C)OC(=O)NS(=O)(=O)C1(CO)CC1.CC(C)(C)OC(=O)NS(=O)(=O)C1(COCc2ccccc2)CC1.CC(C)(C)OC(=O)NS(=O)(=O)C1CC1.CPC. The zero-order valence-corrected chi connectivity index (χ0v) is 64.0. The molecule has 5 amide bonds. The summed E-state index contributed by atoms with van der Waals surface area (Å²) in [5.74, 6) is 4.38. The van der Waals surface area contributed by atoms with Gasteiger partial charge in [-0.2, -0.15) is 0 Å². The molecule has 98 heavy (non-hydrogen) atoms. The summed E-state index contributed by atoms with van der Waals surface area (Å²) in [5, 5.41) is 13.4. The molecule has 6 aliphatic carbocycles. The summed E-state index contributed by atoms with van der Waals surface area (Å²) in [6, 6.07) is 9.51. The predicted molar refractivity (Wildman–Crippen MR) is 371 cm³/mol. The third kappa shape index (κ3) is 31.9. The Hall–Kier alpha value is -5.63. The average molecular weight is 1530 g/mol. The van der Waals surface area contributed by atoms with E-state index in [1.807, 2.05) is 49.2 Å². The highest BCUT2D eigenvalue weighted by atomic mass is 32.2. The van der Waals surface area contributed by atoms with Crippen molar-refractivity contribution in [1.29, 1.82) is 0 Å². The minimum absolute atomic E-state index is 0. The van der Waals surface area contributed by atoms with Crippen LogP contribution in [0.25, 0.3) is 0 Å². The van der Waals surface area contributed by atoms with E-state index in [0.717, 1.165) is 14.1 Å². The van der Waals surface area contributed by atoms with Gasteiger partial charge in [0.25, 0.3) is 10.0 Å². The van der Waals surface area contributed by atoms with Gasteiger partial charge >= 0.3 is 30.5 Å². The second-order valence-corrected chi connectivity index (χ2v) is 41.3. The van der Waals surface area contributed by atoms with Crippen LogP contribution in [-0.4, -0.2) is 176 Å². The molecule has 0 spiro atoms. The summed E-state index contributed by atoms with van der Waals surface area (Å²) in [4.78, 5) is 67.2. The highest BCUT2D eigenvalue weighted by Gasteiger charge is 2.58. The molecule has 0 bridgehead atoms. The fraction of sp³-hybridized carbons (Fsp3) is 0.733. The van der Waals surface area contributed by atoms with E-state index < -0.39 is 154 Å². The lowest BCUT2D eigenvalue weighted by Crippen LogP contribution is -2.44. The molecular weight excluding hydrogens is 1430 g/mol. The van der Waals surface area contributed by atoms with Crippen LogP contribution >= 0.6 is 8.58 Å². The second kappa shape index (κ2) is 34.8. The van der Waals surface area contributed by atoms with Crippen LogP contribution in [0.3, 0.4) is 0 Å². The van der Waals surface area contributed by atoms with E-state index in [-0.39, 0.29) is 26.9 Å². The Morgan fingerprint density at radius 3 is 1.07 bits per heavy atom. The molecule has 6 saturated carbocycles. The zero-order valence-electron chi connectivity index (χ0n) is 58.1. The van der Waals surface area contributed by atoms with Crippen molar-refractivity contribution in [3.63, 3.8) is 0 Å². The number of nitrogens with two attached hydrogens (primary N) is 1. The van der Waals surface area contributed by atoms with Gasteiger partial charge in [-0.05, 0) is 200 Å². The van der Waals surface area contributed by atoms with E-state index >= 15 is 0 Å².